The van der Waals surface area contributed by atoms with Crippen molar-refractivity contribution in [2.45, 2.75) is 54.4 Å². The van der Waals surface area contributed by atoms with E-state index in [1.807, 2.05) is 51.1 Å². The van der Waals surface area contributed by atoms with Crippen molar-refractivity contribution >= 4 is 17.8 Å². The molecule has 0 aliphatic carbocycles. The second-order valence-corrected chi connectivity index (χ2v) is 8.49. The van der Waals surface area contributed by atoms with E-state index in [-0.39, 0.29) is 0 Å². The fourth-order valence-electron chi connectivity index (χ4n) is 3.26. The van der Waals surface area contributed by atoms with Gasteiger partial charge in [0.1, 0.15) is 12.1 Å². The van der Waals surface area contributed by atoms with Gasteiger partial charge in [0.05, 0.1) is 5.70 Å². The first kappa shape index (κ1) is 29.2. The van der Waals surface area contributed by atoms with E-state index in [1.165, 1.54) is 12.1 Å². The van der Waals surface area contributed by atoms with E-state index in [2.05, 4.69) is 51.7 Å². The third-order valence-corrected chi connectivity index (χ3v) is 5.42. The van der Waals surface area contributed by atoms with Gasteiger partial charge in [-0.1, -0.05) is 64.1 Å². The Labute approximate surface area is 206 Å². The Morgan fingerprint density at radius 1 is 1.09 bits per heavy atom. The predicted octanol–water partition coefficient (Wildman–Crippen LogP) is 5.44. The highest BCUT2D eigenvalue weighted by atomic mass is 16.1. The fourth-order valence-corrected chi connectivity index (χ4v) is 3.26. The van der Waals surface area contributed by atoms with Crippen molar-refractivity contribution in [3.63, 3.8) is 0 Å². The average molecular weight is 466 g/mol. The standard InChI is InChI=1S/C14H24N4.C12H13NO.C2H6/c1-12(2)4-5-13-10-14(16-11-15-13)18-8-6-17(3)7-9-18;1-3-12(9-14)13-10(2)11-7-5-4-6-8-11;1-2/h10-12H,4-9H2,1-3H3;3-9H,1-2H3;1-2H3/b;12-3-,13-10?;. The second kappa shape index (κ2) is 16.7. The number of aryl methyl sites for hydroxylation is 1. The summed E-state index contributed by atoms with van der Waals surface area (Å²) in [6.45, 7) is 16.6. The predicted molar refractivity (Wildman–Crippen MR) is 145 cm³/mol. The molecule has 0 unspecified atom stereocenters. The Balaban J connectivity index is 0.000000326. The van der Waals surface area contributed by atoms with Crippen molar-refractivity contribution in [2.75, 3.05) is 38.1 Å². The van der Waals surface area contributed by atoms with Crippen LogP contribution in [0.5, 0.6) is 0 Å². The van der Waals surface area contributed by atoms with Crippen molar-refractivity contribution in [2.24, 2.45) is 10.9 Å². The number of likely N-dealkylation sites (N-methyl/N-ethyl adjacent to an activating group) is 1. The van der Waals surface area contributed by atoms with Crippen LogP contribution in [0.15, 0.2) is 59.5 Å². The molecule has 6 nitrogen and oxygen atoms in total. The van der Waals surface area contributed by atoms with Gasteiger partial charge >= 0.3 is 0 Å². The molecule has 34 heavy (non-hydrogen) atoms. The number of rotatable bonds is 7. The highest BCUT2D eigenvalue weighted by Crippen LogP contribution is 2.15. The van der Waals surface area contributed by atoms with Crippen LogP contribution >= 0.6 is 0 Å². The maximum absolute atomic E-state index is 10.5. The second-order valence-electron chi connectivity index (χ2n) is 8.49. The summed E-state index contributed by atoms with van der Waals surface area (Å²) in [6.07, 6.45) is 6.41. The van der Waals surface area contributed by atoms with E-state index in [9.17, 15) is 4.79 Å². The number of aliphatic imine (C=N–C) groups is 1. The van der Waals surface area contributed by atoms with Gasteiger partial charge in [0, 0.05) is 43.7 Å². The molecule has 6 heteroatoms. The fraction of sp³-hybridized carbons (Fsp3) is 0.500. The van der Waals surface area contributed by atoms with Gasteiger partial charge in [0.2, 0.25) is 0 Å². The molecule has 1 aromatic carbocycles. The average Bonchev–Trinajstić information content (AvgIpc) is 2.88. The van der Waals surface area contributed by atoms with Gasteiger partial charge < -0.3 is 9.80 Å². The summed E-state index contributed by atoms with van der Waals surface area (Å²) in [5.74, 6) is 1.82. The van der Waals surface area contributed by atoms with E-state index in [0.29, 0.717) is 5.70 Å². The van der Waals surface area contributed by atoms with Gasteiger partial charge in [-0.25, -0.2) is 9.97 Å². The van der Waals surface area contributed by atoms with Crippen molar-refractivity contribution in [3.8, 4) is 0 Å². The van der Waals surface area contributed by atoms with E-state index in [1.54, 1.807) is 19.3 Å². The Morgan fingerprint density at radius 2 is 1.74 bits per heavy atom. The van der Waals surface area contributed by atoms with Crippen LogP contribution in [0.3, 0.4) is 0 Å². The van der Waals surface area contributed by atoms with E-state index < -0.39 is 0 Å². The van der Waals surface area contributed by atoms with Crippen LogP contribution in [0, 0.1) is 5.92 Å². The molecule has 1 aliphatic heterocycles. The van der Waals surface area contributed by atoms with Gasteiger partial charge in [-0.05, 0) is 45.2 Å². The lowest BCUT2D eigenvalue weighted by Crippen LogP contribution is -2.44. The number of carbonyl (C=O) groups is 1. The van der Waals surface area contributed by atoms with Gasteiger partial charge in [-0.15, -0.1) is 0 Å². The number of hydrogen-bond acceptors (Lipinski definition) is 6. The molecule has 0 amide bonds. The summed E-state index contributed by atoms with van der Waals surface area (Å²) in [5.41, 5.74) is 3.53. The zero-order valence-electron chi connectivity index (χ0n) is 22.2. The molecule has 1 aliphatic rings. The molecule has 1 aromatic heterocycles. The number of piperazine rings is 1. The molecular weight excluding hydrogens is 422 g/mol. The Bertz CT molecular complexity index is 885. The Morgan fingerprint density at radius 3 is 2.29 bits per heavy atom. The number of carbonyl (C=O) groups excluding carboxylic acids is 1. The van der Waals surface area contributed by atoms with Crippen molar-refractivity contribution in [1.29, 1.82) is 0 Å². The topological polar surface area (TPSA) is 61.7 Å². The number of anilines is 1. The molecule has 2 heterocycles. The maximum Gasteiger partial charge on any atom is 0.168 e. The Hall–Kier alpha value is -2.86. The van der Waals surface area contributed by atoms with Gasteiger partial charge in [0.25, 0.3) is 0 Å². The minimum absolute atomic E-state index is 0.464. The summed E-state index contributed by atoms with van der Waals surface area (Å²) < 4.78 is 0. The molecule has 186 valence electrons. The van der Waals surface area contributed by atoms with Gasteiger partial charge in [-0.3, -0.25) is 9.79 Å². The summed E-state index contributed by atoms with van der Waals surface area (Å²) in [6, 6.07) is 11.9. The minimum atomic E-state index is 0.464. The number of hydrogen-bond donors (Lipinski definition) is 0. The summed E-state index contributed by atoms with van der Waals surface area (Å²) in [7, 11) is 2.17. The van der Waals surface area contributed by atoms with Crippen LogP contribution < -0.4 is 4.90 Å². The number of aldehydes is 1. The van der Waals surface area contributed by atoms with Crippen LogP contribution in [-0.4, -0.2) is 60.1 Å². The van der Waals surface area contributed by atoms with Gasteiger partial charge in [0.15, 0.2) is 6.29 Å². The first-order valence-corrected chi connectivity index (χ1v) is 12.4. The highest BCUT2D eigenvalue weighted by molar-refractivity contribution is 6.00. The van der Waals surface area contributed by atoms with Crippen LogP contribution in [0.2, 0.25) is 0 Å². The lowest BCUT2D eigenvalue weighted by molar-refractivity contribution is -0.104. The van der Waals surface area contributed by atoms with Gasteiger partial charge in [-0.2, -0.15) is 0 Å². The molecule has 0 bridgehead atoms. The monoisotopic (exact) mass is 465 g/mol. The Kier molecular flexibility index (Phi) is 14.3. The smallest absolute Gasteiger partial charge is 0.168 e. The molecule has 0 radical (unpaired) electrons. The van der Waals surface area contributed by atoms with E-state index >= 15 is 0 Å². The number of nitrogens with zero attached hydrogens (tertiary/aromatic N) is 5. The molecular formula is C28H43N5O. The SMILES string of the molecule is C/C=C(/C=O)N=C(C)c1ccccc1.CC.CC(C)CCc1cc(N2CCN(C)CC2)ncn1. The van der Waals surface area contributed by atoms with Crippen LogP contribution in [-0.2, 0) is 11.2 Å². The first-order chi connectivity index (χ1) is 16.4. The molecule has 0 saturated carbocycles. The quantitative estimate of drug-likeness (QED) is 0.309. The van der Waals surface area contributed by atoms with Crippen molar-refractivity contribution in [3.05, 3.63) is 65.8 Å². The van der Waals surface area contributed by atoms with Crippen molar-refractivity contribution in [1.82, 2.24) is 14.9 Å². The molecule has 0 atom stereocenters. The third-order valence-electron chi connectivity index (χ3n) is 5.42. The van der Waals surface area contributed by atoms with Crippen LogP contribution in [0.4, 0.5) is 5.82 Å². The number of benzene rings is 1. The maximum atomic E-state index is 10.5. The van der Waals surface area contributed by atoms with E-state index in [0.717, 1.165) is 61.9 Å². The molecule has 0 N–H and O–H groups in total. The third kappa shape index (κ3) is 10.8. The molecule has 1 saturated heterocycles. The first-order valence-electron chi connectivity index (χ1n) is 12.4. The molecule has 0 spiro atoms. The van der Waals surface area contributed by atoms with Crippen LogP contribution in [0.1, 0.15) is 59.2 Å². The zero-order chi connectivity index (χ0) is 25.3. The largest absolute Gasteiger partial charge is 0.354 e. The van der Waals surface area contributed by atoms with Crippen LogP contribution in [0.25, 0.3) is 0 Å². The van der Waals surface area contributed by atoms with Crippen molar-refractivity contribution < 1.29 is 4.79 Å². The minimum Gasteiger partial charge on any atom is -0.354 e. The molecule has 2 aromatic rings. The zero-order valence-corrected chi connectivity index (χ0v) is 22.2. The highest BCUT2D eigenvalue weighted by Gasteiger charge is 2.15. The summed E-state index contributed by atoms with van der Waals surface area (Å²) in [4.78, 5) is 28.2. The lowest BCUT2D eigenvalue weighted by atomic mass is 10.1. The molecule has 1 fully saturated rings. The molecule has 3 rings (SSSR count). The normalized spacial score (nSPS) is 14.6. The summed E-state index contributed by atoms with van der Waals surface area (Å²) >= 11 is 0. The summed E-state index contributed by atoms with van der Waals surface area (Å²) in [5, 5.41) is 0. The number of allylic oxidation sites excluding steroid dienone is 2. The lowest BCUT2D eigenvalue weighted by Gasteiger charge is -2.33. The van der Waals surface area contributed by atoms with E-state index in [4.69, 9.17) is 0 Å². The number of aromatic nitrogens is 2.